The third-order valence-electron chi connectivity index (χ3n) is 7.06. The van der Waals surface area contributed by atoms with Gasteiger partial charge in [0.1, 0.15) is 16.4 Å². The quantitative estimate of drug-likeness (QED) is 0.163. The van der Waals surface area contributed by atoms with Gasteiger partial charge < -0.3 is 25.6 Å². The maximum absolute atomic E-state index is 15.1. The van der Waals surface area contributed by atoms with Crippen LogP contribution in [0.4, 0.5) is 15.8 Å². The van der Waals surface area contributed by atoms with Gasteiger partial charge in [-0.2, -0.15) is 4.31 Å². The van der Waals surface area contributed by atoms with Crippen LogP contribution < -0.4 is 15.8 Å². The van der Waals surface area contributed by atoms with Crippen LogP contribution in [0.15, 0.2) is 42.5 Å². The van der Waals surface area contributed by atoms with Gasteiger partial charge in [-0.15, -0.1) is 11.3 Å². The normalized spacial score (nSPS) is 17.1. The number of esters is 1. The lowest BCUT2D eigenvalue weighted by molar-refractivity contribution is -0.139. The van der Waals surface area contributed by atoms with Crippen LogP contribution in [0.3, 0.4) is 0 Å². The summed E-state index contributed by atoms with van der Waals surface area (Å²) in [4.78, 5) is 24.5. The number of benzene rings is 2. The Morgan fingerprint density at radius 1 is 1.22 bits per heavy atom. The number of nitrogens with zero attached hydrogens (tertiary/aromatic N) is 1. The standard InChI is InChI=1S/C31H37ClFN3O7S2/c1-30(2,3)43-29(39)28-26(42-16-24(37)38)25(32)27(44-28)19-9-10-22(33)23(14-19)35-21-11-12-36(31(4,5)15-21)45(40,41)17-18-7-6-8-20(34)13-18/h6-10,13-14,21,35H,11-12,15-17,34H2,1-5H3,(H,37,38). The van der Waals surface area contributed by atoms with E-state index in [4.69, 9.17) is 31.9 Å². The molecule has 244 valence electrons. The fourth-order valence-electron chi connectivity index (χ4n) is 5.29. The lowest BCUT2D eigenvalue weighted by Crippen LogP contribution is -2.55. The summed E-state index contributed by atoms with van der Waals surface area (Å²) in [5, 5.41) is 12.4. The van der Waals surface area contributed by atoms with Gasteiger partial charge in [0, 0.05) is 23.8 Å². The molecule has 4 rings (SSSR count). The van der Waals surface area contributed by atoms with Crippen molar-refractivity contribution in [3.8, 4) is 16.2 Å². The predicted octanol–water partition coefficient (Wildman–Crippen LogP) is 6.39. The number of ether oxygens (including phenoxy) is 2. The van der Waals surface area contributed by atoms with E-state index in [9.17, 15) is 18.0 Å². The molecule has 14 heteroatoms. The molecule has 45 heavy (non-hydrogen) atoms. The second-order valence-electron chi connectivity index (χ2n) is 12.5. The minimum absolute atomic E-state index is 0.000474. The van der Waals surface area contributed by atoms with E-state index >= 15 is 4.39 Å². The first-order valence-electron chi connectivity index (χ1n) is 14.2. The molecule has 1 saturated heterocycles. The van der Waals surface area contributed by atoms with Gasteiger partial charge in [-0.1, -0.05) is 29.8 Å². The number of carboxylic acid groups (broad SMARTS) is 1. The van der Waals surface area contributed by atoms with Crippen LogP contribution in [0.5, 0.6) is 5.75 Å². The zero-order chi connectivity index (χ0) is 33.3. The Labute approximate surface area is 271 Å². The van der Waals surface area contributed by atoms with Gasteiger partial charge in [-0.3, -0.25) is 0 Å². The van der Waals surface area contributed by atoms with E-state index in [1.165, 1.54) is 16.4 Å². The number of sulfonamides is 1. The van der Waals surface area contributed by atoms with Crippen molar-refractivity contribution in [1.82, 2.24) is 4.31 Å². The Balaban J connectivity index is 1.57. The highest BCUT2D eigenvalue weighted by atomic mass is 35.5. The number of carboxylic acids is 1. The number of rotatable bonds is 10. The molecule has 4 N–H and O–H groups in total. The zero-order valence-corrected chi connectivity index (χ0v) is 28.0. The molecule has 2 aromatic carbocycles. The summed E-state index contributed by atoms with van der Waals surface area (Å²) in [6.07, 6.45) is 0.835. The molecule has 10 nitrogen and oxygen atoms in total. The van der Waals surface area contributed by atoms with Gasteiger partial charge in [0.2, 0.25) is 10.0 Å². The van der Waals surface area contributed by atoms with Crippen molar-refractivity contribution in [3.63, 3.8) is 0 Å². The Morgan fingerprint density at radius 3 is 2.56 bits per heavy atom. The van der Waals surface area contributed by atoms with Crippen LogP contribution in [-0.2, 0) is 25.3 Å². The third-order valence-corrected chi connectivity index (χ3v) is 10.8. The summed E-state index contributed by atoms with van der Waals surface area (Å²) in [7, 11) is -3.67. The summed E-state index contributed by atoms with van der Waals surface area (Å²) in [6, 6.07) is 10.8. The summed E-state index contributed by atoms with van der Waals surface area (Å²) in [5.41, 5.74) is 5.96. The van der Waals surface area contributed by atoms with Crippen LogP contribution in [0.25, 0.3) is 10.4 Å². The molecule has 1 fully saturated rings. The number of anilines is 2. The SMILES string of the molecule is CC(C)(C)OC(=O)c1sc(-c2ccc(F)c(NC3CCN(S(=O)(=O)Cc4cccc(N)c4)C(C)(C)C3)c2)c(Cl)c1OCC(=O)O. The first-order valence-corrected chi connectivity index (χ1v) is 17.0. The molecule has 0 bridgehead atoms. The number of aliphatic carboxylic acids is 1. The van der Waals surface area contributed by atoms with Crippen molar-refractivity contribution in [2.45, 2.75) is 70.4 Å². The first-order chi connectivity index (χ1) is 20.9. The number of carbonyl (C=O) groups excluding carboxylic acids is 1. The molecule has 0 saturated carbocycles. The van der Waals surface area contributed by atoms with Gasteiger partial charge in [0.15, 0.2) is 17.2 Å². The molecule has 3 aromatic rings. The summed E-state index contributed by atoms with van der Waals surface area (Å²) in [5.74, 6) is -2.83. The van der Waals surface area contributed by atoms with Crippen molar-refractivity contribution >= 4 is 56.3 Å². The Morgan fingerprint density at radius 2 is 1.93 bits per heavy atom. The average molecular weight is 682 g/mol. The number of nitrogens with two attached hydrogens (primary N) is 1. The van der Waals surface area contributed by atoms with Gasteiger partial charge in [0.25, 0.3) is 0 Å². The van der Waals surface area contributed by atoms with Crippen LogP contribution in [0.2, 0.25) is 5.02 Å². The van der Waals surface area contributed by atoms with Gasteiger partial charge in [0.05, 0.1) is 16.3 Å². The highest BCUT2D eigenvalue weighted by Crippen LogP contribution is 2.47. The number of thiophene rings is 1. The maximum atomic E-state index is 15.1. The van der Waals surface area contributed by atoms with Crippen molar-refractivity contribution in [1.29, 1.82) is 0 Å². The Bertz CT molecular complexity index is 1700. The second kappa shape index (κ2) is 13.1. The highest BCUT2D eigenvalue weighted by molar-refractivity contribution is 7.88. The lowest BCUT2D eigenvalue weighted by Gasteiger charge is -2.45. The number of hydrogen-bond acceptors (Lipinski definition) is 9. The number of halogens is 2. The van der Waals surface area contributed by atoms with E-state index in [2.05, 4.69) is 5.32 Å². The molecule has 1 aromatic heterocycles. The lowest BCUT2D eigenvalue weighted by atomic mass is 9.89. The molecule has 2 heterocycles. The van der Waals surface area contributed by atoms with Crippen molar-refractivity contribution in [3.05, 3.63) is 63.7 Å². The minimum atomic E-state index is -3.67. The zero-order valence-electron chi connectivity index (χ0n) is 25.6. The van der Waals surface area contributed by atoms with Gasteiger partial charge in [-0.25, -0.2) is 22.4 Å². The van der Waals surface area contributed by atoms with E-state index in [0.717, 1.165) is 11.3 Å². The fraction of sp³-hybridized carbons (Fsp3) is 0.419. The van der Waals surface area contributed by atoms with Crippen LogP contribution >= 0.6 is 22.9 Å². The third kappa shape index (κ3) is 8.46. The van der Waals surface area contributed by atoms with E-state index in [-0.39, 0.29) is 39.7 Å². The van der Waals surface area contributed by atoms with E-state index in [1.54, 1.807) is 51.1 Å². The fourth-order valence-corrected chi connectivity index (χ4v) is 8.70. The van der Waals surface area contributed by atoms with Crippen molar-refractivity contribution < 1.29 is 37.0 Å². The van der Waals surface area contributed by atoms with E-state index in [1.807, 2.05) is 13.8 Å². The molecule has 0 amide bonds. The summed E-state index contributed by atoms with van der Waals surface area (Å²) in [6.45, 7) is 8.26. The monoisotopic (exact) mass is 681 g/mol. The molecular formula is C31H37ClFN3O7S2. The van der Waals surface area contributed by atoms with Crippen LogP contribution in [0.1, 0.15) is 62.7 Å². The number of hydrogen-bond donors (Lipinski definition) is 3. The van der Waals surface area contributed by atoms with E-state index in [0.29, 0.717) is 34.5 Å². The second-order valence-corrected chi connectivity index (χ2v) is 15.8. The minimum Gasteiger partial charge on any atom is -0.479 e. The molecule has 0 radical (unpaired) electrons. The van der Waals surface area contributed by atoms with Crippen LogP contribution in [-0.4, -0.2) is 60.1 Å². The molecule has 1 unspecified atom stereocenters. The Kier molecular flexibility index (Phi) is 10.1. The number of piperidine rings is 1. The smallest absolute Gasteiger partial charge is 0.352 e. The van der Waals surface area contributed by atoms with Crippen LogP contribution in [0, 0.1) is 5.82 Å². The molecule has 0 aliphatic carbocycles. The largest absolute Gasteiger partial charge is 0.479 e. The van der Waals surface area contributed by atoms with E-state index < -0.39 is 45.5 Å². The van der Waals surface area contributed by atoms with Crippen molar-refractivity contribution in [2.24, 2.45) is 0 Å². The van der Waals surface area contributed by atoms with Gasteiger partial charge >= 0.3 is 11.9 Å². The molecule has 0 spiro atoms. The number of carbonyl (C=O) groups is 2. The Hall–Kier alpha value is -3.39. The van der Waals surface area contributed by atoms with Crippen molar-refractivity contribution in [2.75, 3.05) is 24.2 Å². The average Bonchev–Trinajstić information content (AvgIpc) is 3.23. The molecular weight excluding hydrogens is 645 g/mol. The topological polar surface area (TPSA) is 148 Å². The first kappa shape index (κ1) is 34.5. The summed E-state index contributed by atoms with van der Waals surface area (Å²) >= 11 is 7.56. The number of nitrogen functional groups attached to an aromatic ring is 1. The maximum Gasteiger partial charge on any atom is 0.352 e. The predicted molar refractivity (Wildman–Crippen MR) is 174 cm³/mol. The summed E-state index contributed by atoms with van der Waals surface area (Å²) < 4.78 is 54.2. The molecule has 1 atom stereocenters. The molecule has 1 aliphatic heterocycles. The number of nitrogens with one attached hydrogen (secondary N) is 1. The molecule has 1 aliphatic rings. The van der Waals surface area contributed by atoms with Gasteiger partial charge in [-0.05, 0) is 82.9 Å². The highest BCUT2D eigenvalue weighted by Gasteiger charge is 2.41.